The zero-order valence-corrected chi connectivity index (χ0v) is 16.2. The van der Waals surface area contributed by atoms with Gasteiger partial charge in [0.25, 0.3) is 5.91 Å². The van der Waals surface area contributed by atoms with Crippen LogP contribution in [-0.2, 0) is 6.18 Å². The van der Waals surface area contributed by atoms with Gasteiger partial charge < -0.3 is 9.42 Å². The zero-order chi connectivity index (χ0) is 20.8. The van der Waals surface area contributed by atoms with Crippen molar-refractivity contribution in [2.45, 2.75) is 19.1 Å². The van der Waals surface area contributed by atoms with Crippen molar-refractivity contribution in [1.82, 2.24) is 19.4 Å². The van der Waals surface area contributed by atoms with Crippen LogP contribution in [0.3, 0.4) is 0 Å². The number of rotatable bonds is 4. The number of carbonyl (C=O) groups is 1. The van der Waals surface area contributed by atoms with Gasteiger partial charge in [0, 0.05) is 30.3 Å². The Hall–Kier alpha value is -3.14. The van der Waals surface area contributed by atoms with Crippen molar-refractivity contribution in [3.63, 3.8) is 0 Å². The van der Waals surface area contributed by atoms with Crippen LogP contribution in [0.4, 0.5) is 13.2 Å². The summed E-state index contributed by atoms with van der Waals surface area (Å²) in [7, 11) is 1.65. The molecule has 1 amide bonds. The van der Waals surface area contributed by atoms with E-state index in [1.165, 1.54) is 28.6 Å². The lowest BCUT2D eigenvalue weighted by Crippen LogP contribution is -2.30. The van der Waals surface area contributed by atoms with Gasteiger partial charge >= 0.3 is 6.18 Å². The molecule has 3 heterocycles. The van der Waals surface area contributed by atoms with E-state index in [0.717, 1.165) is 12.1 Å². The summed E-state index contributed by atoms with van der Waals surface area (Å²) in [6, 6.07) is 6.32. The number of thiazole rings is 1. The molecule has 4 aromatic rings. The first kappa shape index (κ1) is 19.2. The summed E-state index contributed by atoms with van der Waals surface area (Å²) in [6.07, 6.45) is -1.43. The number of fused-ring (bicyclic) bond motifs is 1. The van der Waals surface area contributed by atoms with E-state index in [9.17, 15) is 18.0 Å². The highest BCUT2D eigenvalue weighted by molar-refractivity contribution is 7.15. The Bertz CT molecular complexity index is 1160. The van der Waals surface area contributed by atoms with Gasteiger partial charge in [-0.05, 0) is 19.1 Å². The van der Waals surface area contributed by atoms with Crippen molar-refractivity contribution in [1.29, 1.82) is 0 Å². The summed E-state index contributed by atoms with van der Waals surface area (Å²) in [4.78, 5) is 19.4. The van der Waals surface area contributed by atoms with Crippen LogP contribution in [0.1, 0.15) is 34.7 Å². The van der Waals surface area contributed by atoms with Gasteiger partial charge in [0.2, 0.25) is 0 Å². The van der Waals surface area contributed by atoms with Gasteiger partial charge in [0.1, 0.15) is 17.7 Å². The van der Waals surface area contributed by atoms with Crippen molar-refractivity contribution in [3.05, 3.63) is 65.1 Å². The van der Waals surface area contributed by atoms with Crippen molar-refractivity contribution in [2.24, 2.45) is 0 Å². The highest BCUT2D eigenvalue weighted by Crippen LogP contribution is 2.32. The summed E-state index contributed by atoms with van der Waals surface area (Å²) in [5, 5.41) is 5.53. The van der Waals surface area contributed by atoms with Crippen LogP contribution in [-0.4, -0.2) is 32.4 Å². The van der Waals surface area contributed by atoms with Crippen LogP contribution < -0.4 is 0 Å². The number of carbonyl (C=O) groups excluding carboxylic acids is 1. The maximum atomic E-state index is 13.0. The molecule has 0 saturated heterocycles. The van der Waals surface area contributed by atoms with Crippen LogP contribution >= 0.6 is 11.3 Å². The molecule has 0 fully saturated rings. The fraction of sp³-hybridized carbons (Fsp3) is 0.211. The van der Waals surface area contributed by atoms with Gasteiger partial charge in [-0.1, -0.05) is 17.3 Å². The largest absolute Gasteiger partial charge is 0.416 e. The van der Waals surface area contributed by atoms with E-state index in [4.69, 9.17) is 4.52 Å². The van der Waals surface area contributed by atoms with E-state index in [-0.39, 0.29) is 11.9 Å². The molecular formula is C19H15F3N4O2S. The van der Waals surface area contributed by atoms with E-state index in [2.05, 4.69) is 10.1 Å². The van der Waals surface area contributed by atoms with Crippen LogP contribution in [0.15, 0.2) is 52.7 Å². The van der Waals surface area contributed by atoms with Crippen molar-refractivity contribution < 1.29 is 22.5 Å². The minimum Gasteiger partial charge on any atom is -0.364 e. The summed E-state index contributed by atoms with van der Waals surface area (Å²) in [5.41, 5.74) is 0.933. The Morgan fingerprint density at radius 2 is 2.10 bits per heavy atom. The average molecular weight is 420 g/mol. The number of hydrogen-bond donors (Lipinski definition) is 0. The van der Waals surface area contributed by atoms with Gasteiger partial charge in [-0.15, -0.1) is 11.3 Å². The predicted molar refractivity (Wildman–Crippen MR) is 101 cm³/mol. The molecule has 1 aromatic carbocycles. The summed E-state index contributed by atoms with van der Waals surface area (Å²) in [6.45, 7) is 1.82. The lowest BCUT2D eigenvalue weighted by Gasteiger charge is -2.22. The molecular weight excluding hydrogens is 405 g/mol. The molecule has 4 rings (SSSR count). The first-order chi connectivity index (χ1) is 13.8. The number of alkyl halides is 3. The van der Waals surface area contributed by atoms with E-state index >= 15 is 0 Å². The number of amides is 1. The number of halogens is 3. The quantitative estimate of drug-likeness (QED) is 0.471. The normalized spacial score (nSPS) is 13.0. The average Bonchev–Trinajstić information content (AvgIpc) is 3.42. The number of hydrogen-bond acceptors (Lipinski definition) is 5. The standard InChI is InChI=1S/C19H15F3N4O2S/c1-11(14-6-7-28-24-14)25(2)17(27)16-10-29-18-23-15(9-26(16)18)12-4-3-5-13(8-12)19(20,21)22/h3-11H,1-2H3/t11-/m0/s1. The van der Waals surface area contributed by atoms with Crippen LogP contribution in [0.2, 0.25) is 0 Å². The molecule has 0 aliphatic rings. The number of aromatic nitrogens is 3. The fourth-order valence-electron chi connectivity index (χ4n) is 2.92. The van der Waals surface area contributed by atoms with Crippen LogP contribution in [0, 0.1) is 0 Å². The third kappa shape index (κ3) is 3.51. The lowest BCUT2D eigenvalue weighted by molar-refractivity contribution is -0.137. The Kier molecular flexibility index (Phi) is 4.65. The third-order valence-corrected chi connectivity index (χ3v) is 5.54. The van der Waals surface area contributed by atoms with E-state index in [0.29, 0.717) is 27.6 Å². The molecule has 10 heteroatoms. The van der Waals surface area contributed by atoms with E-state index in [1.807, 2.05) is 6.92 Å². The van der Waals surface area contributed by atoms with Crippen molar-refractivity contribution in [2.75, 3.05) is 7.05 Å². The molecule has 0 aliphatic carbocycles. The first-order valence-corrected chi connectivity index (χ1v) is 9.45. The minimum atomic E-state index is -4.44. The molecule has 0 unspecified atom stereocenters. The summed E-state index contributed by atoms with van der Waals surface area (Å²) in [5.74, 6) is -0.264. The highest BCUT2D eigenvalue weighted by atomic mass is 32.1. The smallest absolute Gasteiger partial charge is 0.364 e. The summed E-state index contributed by atoms with van der Waals surface area (Å²) >= 11 is 1.24. The monoisotopic (exact) mass is 420 g/mol. The molecule has 3 aromatic heterocycles. The van der Waals surface area contributed by atoms with Crippen molar-refractivity contribution >= 4 is 22.2 Å². The molecule has 0 bridgehead atoms. The topological polar surface area (TPSA) is 63.6 Å². The van der Waals surface area contributed by atoms with Crippen molar-refractivity contribution in [3.8, 4) is 11.3 Å². The Morgan fingerprint density at radius 1 is 1.31 bits per heavy atom. The molecule has 0 N–H and O–H groups in total. The molecule has 0 spiro atoms. The second-order valence-electron chi connectivity index (χ2n) is 6.49. The maximum Gasteiger partial charge on any atom is 0.416 e. The fourth-order valence-corrected chi connectivity index (χ4v) is 3.77. The molecule has 150 valence electrons. The zero-order valence-electron chi connectivity index (χ0n) is 15.3. The molecule has 0 radical (unpaired) electrons. The summed E-state index contributed by atoms with van der Waals surface area (Å²) < 4.78 is 45.4. The first-order valence-electron chi connectivity index (χ1n) is 8.57. The Labute approximate surface area is 167 Å². The van der Waals surface area contributed by atoms with Gasteiger partial charge in [-0.3, -0.25) is 9.20 Å². The second-order valence-corrected chi connectivity index (χ2v) is 7.33. The number of nitrogens with zero attached hydrogens (tertiary/aromatic N) is 4. The number of benzene rings is 1. The number of imidazole rings is 1. The lowest BCUT2D eigenvalue weighted by atomic mass is 10.1. The van der Waals surface area contributed by atoms with Gasteiger partial charge in [0.05, 0.1) is 17.3 Å². The van der Waals surface area contributed by atoms with Crippen LogP contribution in [0.25, 0.3) is 16.2 Å². The van der Waals surface area contributed by atoms with Gasteiger partial charge in [-0.2, -0.15) is 13.2 Å². The maximum absolute atomic E-state index is 13.0. The van der Waals surface area contributed by atoms with Gasteiger partial charge in [0.15, 0.2) is 4.96 Å². The van der Waals surface area contributed by atoms with Crippen LogP contribution in [0.5, 0.6) is 0 Å². The Morgan fingerprint density at radius 3 is 2.79 bits per heavy atom. The van der Waals surface area contributed by atoms with E-state index in [1.54, 1.807) is 35.2 Å². The molecule has 0 aliphatic heterocycles. The second kappa shape index (κ2) is 7.03. The molecule has 29 heavy (non-hydrogen) atoms. The molecule has 1 atom stereocenters. The highest BCUT2D eigenvalue weighted by Gasteiger charge is 2.31. The molecule has 6 nitrogen and oxygen atoms in total. The van der Waals surface area contributed by atoms with E-state index < -0.39 is 11.7 Å². The Balaban J connectivity index is 1.67. The molecule has 0 saturated carbocycles. The SMILES string of the molecule is C[C@@H](c1ccon1)N(C)C(=O)c1csc2nc(-c3cccc(C(F)(F)F)c3)cn12. The predicted octanol–water partition coefficient (Wildman–Crippen LogP) is 4.90. The minimum absolute atomic E-state index is 0.264. The van der Waals surface area contributed by atoms with Gasteiger partial charge in [-0.25, -0.2) is 4.98 Å². The third-order valence-electron chi connectivity index (χ3n) is 4.70.